The van der Waals surface area contributed by atoms with Crippen molar-refractivity contribution in [3.05, 3.63) is 52.2 Å². The topological polar surface area (TPSA) is 34.1 Å². The molecular formula is C17H21ClN2O. The number of nitrogens with zero attached hydrogens (tertiary/aromatic N) is 1. The van der Waals surface area contributed by atoms with Crippen LogP contribution in [0.15, 0.2) is 30.3 Å². The Hall–Kier alpha value is -1.58. The number of halogens is 1. The predicted molar refractivity (Wildman–Crippen MR) is 87.2 cm³/mol. The molecule has 0 radical (unpaired) electrons. The summed E-state index contributed by atoms with van der Waals surface area (Å²) in [5.74, 6) is 1.21. The fourth-order valence-electron chi connectivity index (χ4n) is 2.01. The molecule has 21 heavy (non-hydrogen) atoms. The van der Waals surface area contributed by atoms with Crippen LogP contribution >= 0.6 is 11.6 Å². The minimum absolute atomic E-state index is 0.569. The third-order valence-corrected chi connectivity index (χ3v) is 3.53. The Balaban J connectivity index is 2.11. The second-order valence-corrected chi connectivity index (χ2v) is 5.51. The summed E-state index contributed by atoms with van der Waals surface area (Å²) in [6.07, 6.45) is 1.12. The number of nitrogens with one attached hydrogen (secondary N) is 1. The molecule has 0 unspecified atom stereocenters. The molecule has 2 rings (SSSR count). The number of pyridine rings is 1. The Morgan fingerprint density at radius 2 is 2.00 bits per heavy atom. The Morgan fingerprint density at radius 3 is 2.71 bits per heavy atom. The van der Waals surface area contributed by atoms with Crippen molar-refractivity contribution in [3.8, 4) is 11.6 Å². The molecule has 0 amide bonds. The van der Waals surface area contributed by atoms with Gasteiger partial charge in [-0.1, -0.05) is 30.7 Å². The zero-order chi connectivity index (χ0) is 15.2. The van der Waals surface area contributed by atoms with Gasteiger partial charge in [0.25, 0.3) is 0 Å². The van der Waals surface area contributed by atoms with Crippen LogP contribution in [0.5, 0.6) is 11.6 Å². The average molecular weight is 305 g/mol. The summed E-state index contributed by atoms with van der Waals surface area (Å²) in [4.78, 5) is 4.50. The second kappa shape index (κ2) is 7.43. The van der Waals surface area contributed by atoms with Crippen LogP contribution in [-0.2, 0) is 6.54 Å². The van der Waals surface area contributed by atoms with Crippen molar-refractivity contribution in [3.63, 3.8) is 0 Å². The normalized spacial score (nSPS) is 10.7. The lowest BCUT2D eigenvalue weighted by Crippen LogP contribution is -2.15. The Labute approximate surface area is 131 Å². The molecule has 3 nitrogen and oxygen atoms in total. The number of ether oxygens (including phenoxy) is 1. The van der Waals surface area contributed by atoms with Crippen molar-refractivity contribution < 1.29 is 4.74 Å². The van der Waals surface area contributed by atoms with Gasteiger partial charge in [0, 0.05) is 18.3 Å². The van der Waals surface area contributed by atoms with Gasteiger partial charge in [-0.05, 0) is 50.1 Å². The number of rotatable bonds is 6. The molecule has 0 bridgehead atoms. The number of hydrogen-bond donors (Lipinski definition) is 1. The van der Waals surface area contributed by atoms with Crippen LogP contribution in [0.25, 0.3) is 0 Å². The quantitative estimate of drug-likeness (QED) is 0.789. The molecule has 2 aromatic rings. The van der Waals surface area contributed by atoms with Gasteiger partial charge in [0.2, 0.25) is 5.88 Å². The first-order valence-electron chi connectivity index (χ1n) is 7.21. The van der Waals surface area contributed by atoms with E-state index in [0.717, 1.165) is 30.8 Å². The van der Waals surface area contributed by atoms with Crippen LogP contribution in [0.3, 0.4) is 0 Å². The summed E-state index contributed by atoms with van der Waals surface area (Å²) in [5.41, 5.74) is 3.26. The van der Waals surface area contributed by atoms with Gasteiger partial charge in [0.15, 0.2) is 0 Å². The molecule has 1 heterocycles. The maximum atomic E-state index is 6.14. The Bertz CT molecular complexity index is 614. The van der Waals surface area contributed by atoms with E-state index in [9.17, 15) is 0 Å². The summed E-state index contributed by atoms with van der Waals surface area (Å²) in [7, 11) is 0. The number of aryl methyl sites for hydroxylation is 2. The molecule has 0 fully saturated rings. The number of benzene rings is 1. The minimum atomic E-state index is 0.569. The van der Waals surface area contributed by atoms with Gasteiger partial charge < -0.3 is 10.1 Å². The van der Waals surface area contributed by atoms with Gasteiger partial charge >= 0.3 is 0 Å². The first kappa shape index (κ1) is 15.8. The van der Waals surface area contributed by atoms with Crippen molar-refractivity contribution in [2.45, 2.75) is 33.7 Å². The first-order valence-corrected chi connectivity index (χ1v) is 7.59. The molecule has 0 aliphatic carbocycles. The molecule has 1 aromatic heterocycles. The number of aromatic nitrogens is 1. The molecule has 0 aliphatic heterocycles. The maximum absolute atomic E-state index is 6.14. The van der Waals surface area contributed by atoms with Crippen LogP contribution in [0.1, 0.15) is 30.2 Å². The van der Waals surface area contributed by atoms with Gasteiger partial charge in [0.05, 0.1) is 5.02 Å². The number of hydrogen-bond acceptors (Lipinski definition) is 3. The van der Waals surface area contributed by atoms with Crippen LogP contribution in [0.2, 0.25) is 5.02 Å². The highest BCUT2D eigenvalue weighted by Gasteiger charge is 2.07. The smallest absolute Gasteiger partial charge is 0.219 e. The zero-order valence-electron chi connectivity index (χ0n) is 12.7. The monoisotopic (exact) mass is 304 g/mol. The fraction of sp³-hybridized carbons (Fsp3) is 0.353. The van der Waals surface area contributed by atoms with Gasteiger partial charge in [-0.25, -0.2) is 4.98 Å². The Kier molecular flexibility index (Phi) is 5.59. The van der Waals surface area contributed by atoms with Gasteiger partial charge in [-0.3, -0.25) is 0 Å². The first-order chi connectivity index (χ1) is 10.1. The Morgan fingerprint density at radius 1 is 1.19 bits per heavy atom. The molecule has 1 aromatic carbocycles. The summed E-state index contributed by atoms with van der Waals surface area (Å²) >= 11 is 6.14. The molecule has 0 saturated heterocycles. The van der Waals surface area contributed by atoms with E-state index in [1.807, 2.05) is 44.2 Å². The van der Waals surface area contributed by atoms with E-state index < -0.39 is 0 Å². The highest BCUT2D eigenvalue weighted by molar-refractivity contribution is 6.32. The molecule has 4 heteroatoms. The summed E-state index contributed by atoms with van der Waals surface area (Å²) in [6, 6.07) is 9.63. The zero-order valence-corrected chi connectivity index (χ0v) is 13.5. The lowest BCUT2D eigenvalue weighted by molar-refractivity contribution is 0.460. The fourth-order valence-corrected chi connectivity index (χ4v) is 2.17. The molecular weight excluding hydrogens is 284 g/mol. The molecule has 0 spiro atoms. The highest BCUT2D eigenvalue weighted by atomic mass is 35.5. The van der Waals surface area contributed by atoms with Crippen LogP contribution < -0.4 is 10.1 Å². The maximum Gasteiger partial charge on any atom is 0.219 e. The van der Waals surface area contributed by atoms with Crippen molar-refractivity contribution >= 4 is 11.6 Å². The van der Waals surface area contributed by atoms with Crippen LogP contribution in [0, 0.1) is 13.8 Å². The van der Waals surface area contributed by atoms with E-state index in [2.05, 4.69) is 17.2 Å². The molecule has 112 valence electrons. The van der Waals surface area contributed by atoms with Gasteiger partial charge in [-0.2, -0.15) is 0 Å². The van der Waals surface area contributed by atoms with E-state index in [1.165, 1.54) is 5.56 Å². The van der Waals surface area contributed by atoms with Gasteiger partial charge in [0.1, 0.15) is 5.75 Å². The van der Waals surface area contributed by atoms with E-state index in [4.69, 9.17) is 16.3 Å². The molecule has 0 atom stereocenters. The summed E-state index contributed by atoms with van der Waals surface area (Å²) in [6.45, 7) is 7.99. The lowest BCUT2D eigenvalue weighted by Gasteiger charge is -2.11. The molecule has 0 aliphatic rings. The van der Waals surface area contributed by atoms with Crippen molar-refractivity contribution in [1.82, 2.24) is 10.3 Å². The third kappa shape index (κ3) is 4.45. The van der Waals surface area contributed by atoms with Gasteiger partial charge in [-0.15, -0.1) is 0 Å². The lowest BCUT2D eigenvalue weighted by atomic mass is 10.2. The van der Waals surface area contributed by atoms with Crippen LogP contribution in [0.4, 0.5) is 0 Å². The van der Waals surface area contributed by atoms with E-state index in [-0.39, 0.29) is 0 Å². The van der Waals surface area contributed by atoms with Crippen molar-refractivity contribution in [2.75, 3.05) is 6.54 Å². The third-order valence-electron chi connectivity index (χ3n) is 3.21. The molecule has 1 N–H and O–H groups in total. The predicted octanol–water partition coefficient (Wildman–Crippen LogP) is 4.64. The average Bonchev–Trinajstić information content (AvgIpc) is 2.45. The van der Waals surface area contributed by atoms with E-state index >= 15 is 0 Å². The van der Waals surface area contributed by atoms with Crippen LogP contribution in [-0.4, -0.2) is 11.5 Å². The summed E-state index contributed by atoms with van der Waals surface area (Å²) < 4.78 is 5.79. The highest BCUT2D eigenvalue weighted by Crippen LogP contribution is 2.29. The standard InChI is InChI=1S/C17H21ClN2O/c1-4-9-19-11-14-6-8-17(20-13(14)3)21-16-10-12(2)5-7-15(16)18/h5-8,10,19H,4,9,11H2,1-3H3. The SMILES string of the molecule is CCCNCc1ccc(Oc2cc(C)ccc2Cl)nc1C. The van der Waals surface area contributed by atoms with Crippen molar-refractivity contribution in [1.29, 1.82) is 0 Å². The van der Waals surface area contributed by atoms with E-state index in [1.54, 1.807) is 0 Å². The largest absolute Gasteiger partial charge is 0.437 e. The van der Waals surface area contributed by atoms with Crippen molar-refractivity contribution in [2.24, 2.45) is 0 Å². The second-order valence-electron chi connectivity index (χ2n) is 5.11. The summed E-state index contributed by atoms with van der Waals surface area (Å²) in [5, 5.41) is 3.97. The minimum Gasteiger partial charge on any atom is -0.437 e. The molecule has 0 saturated carbocycles. The van der Waals surface area contributed by atoms with E-state index in [0.29, 0.717) is 16.7 Å².